The largest absolute Gasteiger partial charge is 0.513 e. The van der Waals surface area contributed by atoms with Gasteiger partial charge in [0.05, 0.1) is 17.6 Å². The molecule has 0 N–H and O–H groups in total. The van der Waals surface area contributed by atoms with Gasteiger partial charge in [-0.25, -0.2) is 9.59 Å². The summed E-state index contributed by atoms with van der Waals surface area (Å²) in [4.78, 5) is 24.7. The zero-order valence-corrected chi connectivity index (χ0v) is 17.4. The average Bonchev–Trinajstić information content (AvgIpc) is 2.75. The molecule has 0 fully saturated rings. The zero-order valence-electron chi connectivity index (χ0n) is 17.4. The van der Waals surface area contributed by atoms with E-state index in [0.29, 0.717) is 23.3 Å². The van der Waals surface area contributed by atoms with Crippen LogP contribution in [0.5, 0.6) is 11.5 Å². The van der Waals surface area contributed by atoms with Gasteiger partial charge in [-0.15, -0.1) is 0 Å². The third-order valence-electron chi connectivity index (χ3n) is 4.67. The summed E-state index contributed by atoms with van der Waals surface area (Å²) in [5, 5.41) is 1.33. The van der Waals surface area contributed by atoms with E-state index in [0.717, 1.165) is 31.1 Å². The number of hydrogen-bond acceptors (Lipinski definition) is 5. The highest BCUT2D eigenvalue weighted by Crippen LogP contribution is 2.34. The molecular weight excluding hydrogens is 380 g/mol. The molecule has 0 radical (unpaired) electrons. The van der Waals surface area contributed by atoms with Gasteiger partial charge in [-0.3, -0.25) is 0 Å². The van der Waals surface area contributed by atoms with Crippen LogP contribution in [0.25, 0.3) is 10.8 Å². The summed E-state index contributed by atoms with van der Waals surface area (Å²) < 4.78 is 16.1. The number of hydrogen-bond donors (Lipinski definition) is 0. The fraction of sp³-hybridized carbons (Fsp3) is 0.280. The average molecular weight is 406 g/mol. The molecule has 5 heteroatoms. The highest BCUT2D eigenvalue weighted by Gasteiger charge is 2.16. The topological polar surface area (TPSA) is 61.8 Å². The zero-order chi connectivity index (χ0) is 21.3. The lowest BCUT2D eigenvalue weighted by molar-refractivity contribution is 0.0737. The summed E-state index contributed by atoms with van der Waals surface area (Å²) in [6.45, 7) is 4.43. The smallest absolute Gasteiger partial charge is 0.434 e. The quantitative estimate of drug-likeness (QED) is 0.189. The highest BCUT2D eigenvalue weighted by atomic mass is 16.7. The van der Waals surface area contributed by atoms with Crippen molar-refractivity contribution < 1.29 is 23.8 Å². The minimum atomic E-state index is -0.774. The molecule has 156 valence electrons. The Morgan fingerprint density at radius 3 is 2.10 bits per heavy atom. The fourth-order valence-electron chi connectivity index (χ4n) is 3.12. The maximum Gasteiger partial charge on any atom is 0.513 e. The molecule has 3 aromatic rings. The predicted molar refractivity (Wildman–Crippen MR) is 116 cm³/mol. The van der Waals surface area contributed by atoms with Gasteiger partial charge in [0.15, 0.2) is 0 Å². The predicted octanol–water partition coefficient (Wildman–Crippen LogP) is 6.33. The molecule has 30 heavy (non-hydrogen) atoms. The maximum atomic E-state index is 12.7. The number of benzene rings is 3. The third-order valence-corrected chi connectivity index (χ3v) is 4.67. The first-order valence-corrected chi connectivity index (χ1v) is 10.3. The van der Waals surface area contributed by atoms with E-state index < -0.39 is 12.1 Å². The summed E-state index contributed by atoms with van der Waals surface area (Å²) in [5.74, 6) is 0.147. The summed E-state index contributed by atoms with van der Waals surface area (Å²) in [5.41, 5.74) is 1.64. The number of rotatable bonds is 8. The molecule has 3 rings (SSSR count). The lowest BCUT2D eigenvalue weighted by Crippen LogP contribution is -2.12. The lowest BCUT2D eigenvalue weighted by Gasteiger charge is -2.12. The number of ether oxygens (including phenoxy) is 3. The van der Waals surface area contributed by atoms with E-state index in [9.17, 15) is 9.59 Å². The Kier molecular flexibility index (Phi) is 7.44. The minimum Gasteiger partial charge on any atom is -0.434 e. The molecule has 3 aromatic carbocycles. The van der Waals surface area contributed by atoms with Gasteiger partial charge in [-0.2, -0.15) is 0 Å². The number of unbranched alkanes of at least 4 members (excludes halogenated alkanes) is 1. The van der Waals surface area contributed by atoms with Gasteiger partial charge in [-0.05, 0) is 48.1 Å². The summed E-state index contributed by atoms with van der Waals surface area (Å²) in [6.07, 6.45) is 2.92. The van der Waals surface area contributed by atoms with Gasteiger partial charge in [0.2, 0.25) is 0 Å². The van der Waals surface area contributed by atoms with Crippen LogP contribution in [-0.4, -0.2) is 18.7 Å². The van der Waals surface area contributed by atoms with Gasteiger partial charge in [0, 0.05) is 0 Å². The van der Waals surface area contributed by atoms with Crippen LogP contribution in [0.3, 0.4) is 0 Å². The number of fused-ring (bicyclic) bond motifs is 1. The normalized spacial score (nSPS) is 10.6. The first-order chi connectivity index (χ1) is 14.6. The Hall–Kier alpha value is -3.34. The lowest BCUT2D eigenvalue weighted by atomic mass is 10.1. The van der Waals surface area contributed by atoms with Gasteiger partial charge >= 0.3 is 12.1 Å². The van der Waals surface area contributed by atoms with Crippen LogP contribution in [0.15, 0.2) is 60.7 Å². The highest BCUT2D eigenvalue weighted by molar-refractivity contribution is 5.98. The van der Waals surface area contributed by atoms with Crippen LogP contribution in [0, 0.1) is 0 Å². The Bertz CT molecular complexity index is 1000. The molecule has 0 saturated carbocycles. The molecule has 0 aliphatic carbocycles. The van der Waals surface area contributed by atoms with Crippen molar-refractivity contribution >= 4 is 22.9 Å². The van der Waals surface area contributed by atoms with Crippen molar-refractivity contribution in [3.63, 3.8) is 0 Å². The van der Waals surface area contributed by atoms with Gasteiger partial charge in [0.25, 0.3) is 0 Å². The van der Waals surface area contributed by atoms with E-state index >= 15 is 0 Å². The second-order valence-electron chi connectivity index (χ2n) is 7.00. The van der Waals surface area contributed by atoms with E-state index in [1.165, 1.54) is 5.56 Å². The molecule has 0 atom stereocenters. The SMILES string of the molecule is CCCCOC(=O)Oc1cccc2cccc(OC(=O)c3ccc(CCC)cc3)c12. The molecule has 0 amide bonds. The maximum absolute atomic E-state index is 12.7. The van der Waals surface area contributed by atoms with E-state index in [4.69, 9.17) is 14.2 Å². The van der Waals surface area contributed by atoms with Crippen LogP contribution in [0.2, 0.25) is 0 Å². The minimum absolute atomic E-state index is 0.288. The van der Waals surface area contributed by atoms with Crippen molar-refractivity contribution in [1.82, 2.24) is 0 Å². The summed E-state index contributed by atoms with van der Waals surface area (Å²) in [7, 11) is 0. The monoisotopic (exact) mass is 406 g/mol. The number of carbonyl (C=O) groups excluding carboxylic acids is 2. The summed E-state index contributed by atoms with van der Waals surface area (Å²) >= 11 is 0. The number of aryl methyl sites for hydroxylation is 1. The number of carbonyl (C=O) groups is 2. The molecule has 0 aliphatic heterocycles. The standard InChI is InChI=1S/C25H26O5/c1-3-5-17-28-25(27)30-22-12-7-10-19-9-6-11-21(23(19)22)29-24(26)20-15-13-18(8-4-2)14-16-20/h6-7,9-16H,3-5,8,17H2,1-2H3. The number of esters is 1. The molecule has 0 bridgehead atoms. The van der Waals surface area contributed by atoms with Gasteiger partial charge < -0.3 is 14.2 Å². The van der Waals surface area contributed by atoms with E-state index in [-0.39, 0.29) is 5.75 Å². The van der Waals surface area contributed by atoms with Crippen LogP contribution >= 0.6 is 0 Å². The molecule has 0 aliphatic rings. The Morgan fingerprint density at radius 1 is 0.800 bits per heavy atom. The van der Waals surface area contributed by atoms with Crippen molar-refractivity contribution in [2.24, 2.45) is 0 Å². The van der Waals surface area contributed by atoms with Crippen LogP contribution in [-0.2, 0) is 11.2 Å². The van der Waals surface area contributed by atoms with Crippen molar-refractivity contribution in [3.05, 3.63) is 71.8 Å². The Morgan fingerprint density at radius 2 is 1.47 bits per heavy atom. The van der Waals surface area contributed by atoms with Gasteiger partial charge in [-0.1, -0.05) is 63.1 Å². The molecule has 0 saturated heterocycles. The second-order valence-corrected chi connectivity index (χ2v) is 7.00. The van der Waals surface area contributed by atoms with Crippen LogP contribution in [0.4, 0.5) is 4.79 Å². The molecule has 0 spiro atoms. The van der Waals surface area contributed by atoms with Gasteiger partial charge in [0.1, 0.15) is 11.5 Å². The molecule has 0 heterocycles. The second kappa shape index (κ2) is 10.4. The van der Waals surface area contributed by atoms with Crippen LogP contribution in [0.1, 0.15) is 49.0 Å². The third kappa shape index (κ3) is 5.38. The fourth-order valence-corrected chi connectivity index (χ4v) is 3.12. The van der Waals surface area contributed by atoms with Crippen molar-refractivity contribution in [1.29, 1.82) is 0 Å². The first kappa shape index (κ1) is 21.4. The molecule has 0 unspecified atom stereocenters. The van der Waals surface area contributed by atoms with Crippen molar-refractivity contribution in [2.45, 2.75) is 39.5 Å². The van der Waals surface area contributed by atoms with Crippen molar-refractivity contribution in [3.8, 4) is 11.5 Å². The van der Waals surface area contributed by atoms with Crippen LogP contribution < -0.4 is 9.47 Å². The molecule has 5 nitrogen and oxygen atoms in total. The molecular formula is C25H26O5. The van der Waals surface area contributed by atoms with Crippen molar-refractivity contribution in [2.75, 3.05) is 6.61 Å². The Labute approximate surface area is 176 Å². The van der Waals surface area contributed by atoms with E-state index in [1.807, 2.05) is 31.2 Å². The Balaban J connectivity index is 1.83. The van der Waals surface area contributed by atoms with E-state index in [2.05, 4.69) is 6.92 Å². The molecule has 0 aromatic heterocycles. The summed E-state index contributed by atoms with van der Waals surface area (Å²) in [6, 6.07) is 18.0. The first-order valence-electron chi connectivity index (χ1n) is 10.3. The van der Waals surface area contributed by atoms with E-state index in [1.54, 1.807) is 36.4 Å².